The van der Waals surface area contributed by atoms with Gasteiger partial charge in [0, 0.05) is 47.9 Å². The third kappa shape index (κ3) is 3.59. The smallest absolute Gasteiger partial charge is 0.361 e. The van der Waals surface area contributed by atoms with Crippen molar-refractivity contribution in [1.82, 2.24) is 24.5 Å². The highest BCUT2D eigenvalue weighted by Crippen LogP contribution is 2.42. The van der Waals surface area contributed by atoms with Gasteiger partial charge in [-0.1, -0.05) is 35.5 Å². The van der Waals surface area contributed by atoms with Crippen LogP contribution in [0.25, 0.3) is 33.3 Å². The molecule has 9 heteroatoms. The van der Waals surface area contributed by atoms with Crippen molar-refractivity contribution >= 4 is 11.0 Å². The number of aryl methyl sites for hydroxylation is 3. The highest BCUT2D eigenvalue weighted by molar-refractivity contribution is 5.95. The van der Waals surface area contributed by atoms with Gasteiger partial charge < -0.3 is 9.09 Å². The zero-order chi connectivity index (χ0) is 23.3. The Morgan fingerprint density at radius 3 is 2.36 bits per heavy atom. The van der Waals surface area contributed by atoms with Crippen molar-refractivity contribution in [2.75, 3.05) is 0 Å². The van der Waals surface area contributed by atoms with E-state index in [1.165, 1.54) is 22.9 Å². The number of pyridine rings is 1. The third-order valence-corrected chi connectivity index (χ3v) is 5.71. The van der Waals surface area contributed by atoms with Crippen LogP contribution in [0.3, 0.4) is 0 Å². The number of fused-ring (bicyclic) bond motifs is 1. The maximum Gasteiger partial charge on any atom is 0.413 e. The molecule has 1 atom stereocenters. The number of rotatable bonds is 4. The molecule has 0 radical (unpaired) electrons. The number of hydrogen-bond donors (Lipinski definition) is 0. The fourth-order valence-electron chi connectivity index (χ4n) is 4.29. The molecule has 6 nitrogen and oxygen atoms in total. The first kappa shape index (κ1) is 21.0. The van der Waals surface area contributed by atoms with Crippen molar-refractivity contribution in [3.8, 4) is 22.3 Å². The molecule has 0 aliphatic rings. The molecule has 0 amide bonds. The lowest BCUT2D eigenvalue weighted by atomic mass is 10.0. The molecule has 0 spiro atoms. The van der Waals surface area contributed by atoms with Crippen LogP contribution in [0.2, 0.25) is 0 Å². The maximum absolute atomic E-state index is 14.5. The van der Waals surface area contributed by atoms with Crippen LogP contribution in [0.5, 0.6) is 0 Å². The molecule has 1 unspecified atom stereocenters. The minimum atomic E-state index is -4.53. The fraction of sp³-hybridized carbons (Fsp3) is 0.208. The van der Waals surface area contributed by atoms with Crippen LogP contribution in [-0.4, -0.2) is 30.7 Å². The van der Waals surface area contributed by atoms with Crippen LogP contribution in [0, 0.1) is 13.8 Å². The predicted molar refractivity (Wildman–Crippen MR) is 118 cm³/mol. The molecule has 5 aromatic rings. The molecular formula is C24H20F3N5O. The molecule has 0 saturated heterocycles. The maximum atomic E-state index is 14.5. The lowest BCUT2D eigenvalue weighted by Gasteiger charge is -2.23. The molecule has 4 heterocycles. The van der Waals surface area contributed by atoms with E-state index in [9.17, 15) is 13.2 Å². The summed E-state index contributed by atoms with van der Waals surface area (Å²) < 4.78 is 51.5. The summed E-state index contributed by atoms with van der Waals surface area (Å²) in [4.78, 5) is 4.59. The summed E-state index contributed by atoms with van der Waals surface area (Å²) in [5, 5.41) is 8.15. The first-order valence-corrected chi connectivity index (χ1v) is 10.3. The van der Waals surface area contributed by atoms with Gasteiger partial charge in [0.2, 0.25) is 0 Å². The molecule has 0 bridgehead atoms. The van der Waals surface area contributed by atoms with Crippen molar-refractivity contribution in [1.29, 1.82) is 0 Å². The summed E-state index contributed by atoms with van der Waals surface area (Å²) in [5.74, 6) is 0.578. The molecule has 33 heavy (non-hydrogen) atoms. The Kier molecular flexibility index (Phi) is 4.84. The summed E-state index contributed by atoms with van der Waals surface area (Å²) in [6.07, 6.45) is 2.00. The second-order valence-electron chi connectivity index (χ2n) is 8.00. The summed E-state index contributed by atoms with van der Waals surface area (Å²) in [6, 6.07) is 7.72. The lowest BCUT2D eigenvalue weighted by molar-refractivity contribution is -0.156. The first-order valence-electron chi connectivity index (χ1n) is 10.3. The van der Waals surface area contributed by atoms with E-state index in [1.54, 1.807) is 68.4 Å². The number of aromatic nitrogens is 5. The van der Waals surface area contributed by atoms with E-state index in [4.69, 9.17) is 4.52 Å². The normalized spacial score (nSPS) is 13.0. The topological polar surface area (TPSA) is 61.7 Å². The summed E-state index contributed by atoms with van der Waals surface area (Å²) in [7, 11) is 1.76. The van der Waals surface area contributed by atoms with Gasteiger partial charge >= 0.3 is 6.18 Å². The average molecular weight is 451 g/mol. The molecule has 4 aromatic heterocycles. The molecule has 0 saturated carbocycles. The second-order valence-corrected chi connectivity index (χ2v) is 8.00. The van der Waals surface area contributed by atoms with E-state index in [-0.39, 0.29) is 5.56 Å². The van der Waals surface area contributed by atoms with Gasteiger partial charge in [-0.05, 0) is 25.5 Å². The number of hydrogen-bond acceptors (Lipinski definition) is 4. The molecule has 168 valence electrons. The second kappa shape index (κ2) is 7.61. The Morgan fingerprint density at radius 2 is 1.76 bits per heavy atom. The van der Waals surface area contributed by atoms with E-state index in [1.807, 2.05) is 0 Å². The van der Waals surface area contributed by atoms with E-state index in [0.717, 1.165) is 5.56 Å². The number of halogens is 3. The van der Waals surface area contributed by atoms with Crippen LogP contribution in [-0.2, 0) is 7.05 Å². The van der Waals surface area contributed by atoms with Crippen LogP contribution in [0.1, 0.15) is 23.1 Å². The van der Waals surface area contributed by atoms with Gasteiger partial charge in [0.1, 0.15) is 5.76 Å². The quantitative estimate of drug-likeness (QED) is 0.343. The van der Waals surface area contributed by atoms with E-state index in [0.29, 0.717) is 39.2 Å². The van der Waals surface area contributed by atoms with Crippen molar-refractivity contribution in [3.63, 3.8) is 0 Å². The summed E-state index contributed by atoms with van der Waals surface area (Å²) in [5.41, 5.74) is 4.24. The Bertz CT molecular complexity index is 1430. The zero-order valence-electron chi connectivity index (χ0n) is 18.1. The van der Waals surface area contributed by atoms with Gasteiger partial charge in [-0.2, -0.15) is 18.3 Å². The van der Waals surface area contributed by atoms with Gasteiger partial charge in [-0.15, -0.1) is 0 Å². The molecule has 5 rings (SSSR count). The SMILES string of the molecule is Cc1noc(C)c1-c1cnc2c(-c3cnn(C)c3)cn(C(c3ccccc3)C(F)(F)F)c2c1. The average Bonchev–Trinajstić information content (AvgIpc) is 3.45. The first-order chi connectivity index (χ1) is 15.7. The Hall–Kier alpha value is -3.88. The predicted octanol–water partition coefficient (Wildman–Crippen LogP) is 5.86. The van der Waals surface area contributed by atoms with Gasteiger partial charge in [-0.3, -0.25) is 9.67 Å². The van der Waals surface area contributed by atoms with Crippen molar-refractivity contribution in [2.45, 2.75) is 26.1 Å². The highest BCUT2D eigenvalue weighted by Gasteiger charge is 2.43. The Balaban J connectivity index is 1.82. The number of nitrogens with zero attached hydrogens (tertiary/aromatic N) is 5. The van der Waals surface area contributed by atoms with Gasteiger partial charge in [0.15, 0.2) is 6.04 Å². The molecule has 0 N–H and O–H groups in total. The van der Waals surface area contributed by atoms with Crippen molar-refractivity contribution < 1.29 is 17.7 Å². The lowest BCUT2D eigenvalue weighted by Crippen LogP contribution is -2.27. The van der Waals surface area contributed by atoms with E-state index >= 15 is 0 Å². The molecule has 1 aromatic carbocycles. The number of alkyl halides is 3. The Labute approximate surface area is 187 Å². The minimum Gasteiger partial charge on any atom is -0.361 e. The van der Waals surface area contributed by atoms with Gasteiger partial charge in [0.05, 0.1) is 22.9 Å². The van der Waals surface area contributed by atoms with Crippen LogP contribution >= 0.6 is 0 Å². The third-order valence-electron chi connectivity index (χ3n) is 5.71. The zero-order valence-corrected chi connectivity index (χ0v) is 18.1. The molecular weight excluding hydrogens is 431 g/mol. The highest BCUT2D eigenvalue weighted by atomic mass is 19.4. The van der Waals surface area contributed by atoms with Crippen LogP contribution in [0.15, 0.2) is 65.7 Å². The fourth-order valence-corrected chi connectivity index (χ4v) is 4.29. The monoisotopic (exact) mass is 451 g/mol. The summed E-state index contributed by atoms with van der Waals surface area (Å²) in [6.45, 7) is 3.56. The Morgan fingerprint density at radius 1 is 1.00 bits per heavy atom. The molecule has 0 aliphatic carbocycles. The van der Waals surface area contributed by atoms with Gasteiger partial charge in [0.25, 0.3) is 0 Å². The largest absolute Gasteiger partial charge is 0.413 e. The van der Waals surface area contributed by atoms with Gasteiger partial charge in [-0.25, -0.2) is 0 Å². The minimum absolute atomic E-state index is 0.141. The number of benzene rings is 1. The molecule has 0 aliphatic heterocycles. The standard InChI is InChI=1S/C24H20F3N5O/c1-14-21(15(2)33-30-14)17-9-20-22(28-10-17)19(18-11-29-31(3)12-18)13-32(20)23(24(25,26)27)16-7-5-4-6-8-16/h4-13,23H,1-3H3. The van der Waals surface area contributed by atoms with E-state index in [2.05, 4.69) is 15.2 Å². The van der Waals surface area contributed by atoms with E-state index < -0.39 is 12.2 Å². The van der Waals surface area contributed by atoms with Crippen molar-refractivity contribution in [2.24, 2.45) is 7.05 Å². The van der Waals surface area contributed by atoms with Crippen molar-refractivity contribution in [3.05, 3.63) is 78.2 Å². The molecule has 0 fully saturated rings. The summed E-state index contributed by atoms with van der Waals surface area (Å²) >= 11 is 0. The van der Waals surface area contributed by atoms with Crippen LogP contribution in [0.4, 0.5) is 13.2 Å². The van der Waals surface area contributed by atoms with Crippen LogP contribution < -0.4 is 0 Å².